The second-order valence-corrected chi connectivity index (χ2v) is 11.0. The predicted molar refractivity (Wildman–Crippen MR) is 147 cm³/mol. The summed E-state index contributed by atoms with van der Waals surface area (Å²) in [6.07, 6.45) is 0.805. The number of carbonyl (C=O) groups is 1. The summed E-state index contributed by atoms with van der Waals surface area (Å²) in [4.78, 5) is 15.5. The van der Waals surface area contributed by atoms with E-state index in [4.69, 9.17) is 11.6 Å². The number of anilines is 1. The highest BCUT2D eigenvalue weighted by molar-refractivity contribution is 6.30. The lowest BCUT2D eigenvalue weighted by molar-refractivity contribution is -0.118. The third-order valence-corrected chi connectivity index (χ3v) is 7.36. The van der Waals surface area contributed by atoms with E-state index in [1.165, 1.54) is 6.07 Å². The van der Waals surface area contributed by atoms with E-state index in [1.54, 1.807) is 59.5 Å². The lowest BCUT2D eigenvalue weighted by Crippen LogP contribution is -2.45. The molecule has 3 aromatic carbocycles. The summed E-state index contributed by atoms with van der Waals surface area (Å²) in [5, 5.41) is 21.6. The molecule has 5 rings (SSSR count). The Morgan fingerprint density at radius 1 is 1.03 bits per heavy atom. The molecule has 1 aliphatic carbocycles. The highest BCUT2D eigenvalue weighted by atomic mass is 35.5. The van der Waals surface area contributed by atoms with Gasteiger partial charge in [0.05, 0.1) is 0 Å². The van der Waals surface area contributed by atoms with Crippen molar-refractivity contribution in [3.63, 3.8) is 0 Å². The van der Waals surface area contributed by atoms with Crippen LogP contribution in [0.2, 0.25) is 5.02 Å². The number of aliphatic hydroxyl groups excluding tert-OH is 1. The molecule has 0 spiro atoms. The van der Waals surface area contributed by atoms with Crippen molar-refractivity contribution in [2.75, 3.05) is 4.90 Å². The molecule has 0 saturated carbocycles. The van der Waals surface area contributed by atoms with E-state index in [9.17, 15) is 15.3 Å². The first kappa shape index (κ1) is 25.0. The molecular formula is C31H28ClFN2O2. The lowest BCUT2D eigenvalue weighted by Gasteiger charge is -2.45. The third-order valence-electron chi connectivity index (χ3n) is 7.10. The number of carbonyl (C=O) groups excluding carboxylic acids is 1. The molecule has 0 saturated heterocycles. The number of benzene rings is 3. The SMILES string of the molecule is Cc1ccc(/C(O)=C2\C(=N)N(c3ccc(Cl)cc3)C3=C(C(=O)CC(C)(C)C3)C2c2ccccc2F)cc1. The van der Waals surface area contributed by atoms with E-state index >= 15 is 4.39 Å². The lowest BCUT2D eigenvalue weighted by atomic mass is 9.67. The number of Topliss-reactive ketones (excluding diaryl/α,β-unsaturated/α-hetero) is 1. The van der Waals surface area contributed by atoms with Gasteiger partial charge in [-0.3, -0.25) is 15.1 Å². The van der Waals surface area contributed by atoms with Gasteiger partial charge in [0.15, 0.2) is 5.78 Å². The monoisotopic (exact) mass is 514 g/mol. The minimum atomic E-state index is -0.919. The Kier molecular flexibility index (Phi) is 6.28. The van der Waals surface area contributed by atoms with Crippen LogP contribution >= 0.6 is 11.6 Å². The predicted octanol–water partition coefficient (Wildman–Crippen LogP) is 7.98. The van der Waals surface area contributed by atoms with Crippen molar-refractivity contribution in [3.05, 3.63) is 117 Å². The number of halogens is 2. The van der Waals surface area contributed by atoms with Crippen LogP contribution in [0.25, 0.3) is 5.76 Å². The van der Waals surface area contributed by atoms with Crippen LogP contribution in [0.3, 0.4) is 0 Å². The molecule has 0 bridgehead atoms. The van der Waals surface area contributed by atoms with Gasteiger partial charge in [-0.15, -0.1) is 0 Å². The van der Waals surface area contributed by atoms with E-state index in [2.05, 4.69) is 0 Å². The second-order valence-electron chi connectivity index (χ2n) is 10.5. The Morgan fingerprint density at radius 2 is 1.68 bits per heavy atom. The molecule has 0 amide bonds. The van der Waals surface area contributed by atoms with Crippen LogP contribution in [0.15, 0.2) is 89.6 Å². The number of ketones is 1. The number of nitrogens with one attached hydrogen (secondary N) is 1. The first-order valence-electron chi connectivity index (χ1n) is 12.2. The molecule has 37 heavy (non-hydrogen) atoms. The second kappa shape index (κ2) is 9.31. The highest BCUT2D eigenvalue weighted by Gasteiger charge is 2.47. The van der Waals surface area contributed by atoms with Crippen molar-refractivity contribution in [1.82, 2.24) is 0 Å². The zero-order chi connectivity index (χ0) is 26.5. The summed E-state index contributed by atoms with van der Waals surface area (Å²) >= 11 is 6.16. The summed E-state index contributed by atoms with van der Waals surface area (Å²) in [7, 11) is 0. The van der Waals surface area contributed by atoms with E-state index in [1.807, 2.05) is 32.9 Å². The maximum Gasteiger partial charge on any atom is 0.162 e. The van der Waals surface area contributed by atoms with Crippen LogP contribution in [0.5, 0.6) is 0 Å². The van der Waals surface area contributed by atoms with Crippen molar-refractivity contribution in [2.45, 2.75) is 39.5 Å². The fourth-order valence-electron chi connectivity index (χ4n) is 5.38. The number of hydrogen-bond donors (Lipinski definition) is 2. The number of aryl methyl sites for hydroxylation is 1. The average molecular weight is 515 g/mol. The first-order valence-corrected chi connectivity index (χ1v) is 12.6. The van der Waals surface area contributed by atoms with Gasteiger partial charge in [0.25, 0.3) is 0 Å². The molecule has 1 atom stereocenters. The Hall–Kier alpha value is -3.70. The van der Waals surface area contributed by atoms with Gasteiger partial charge in [-0.05, 0) is 49.1 Å². The van der Waals surface area contributed by atoms with Gasteiger partial charge in [-0.2, -0.15) is 0 Å². The number of rotatable bonds is 3. The topological polar surface area (TPSA) is 64.4 Å². The Morgan fingerprint density at radius 3 is 2.32 bits per heavy atom. The van der Waals surface area contributed by atoms with Crippen molar-refractivity contribution >= 4 is 34.7 Å². The molecule has 6 heteroatoms. The molecule has 0 fully saturated rings. The van der Waals surface area contributed by atoms with E-state index in [0.29, 0.717) is 34.0 Å². The van der Waals surface area contributed by atoms with Crippen molar-refractivity contribution in [1.29, 1.82) is 5.41 Å². The third kappa shape index (κ3) is 4.49. The molecule has 3 aromatic rings. The number of allylic oxidation sites excluding steroid dienone is 2. The fourth-order valence-corrected chi connectivity index (χ4v) is 5.50. The molecule has 188 valence electrons. The molecule has 4 nitrogen and oxygen atoms in total. The van der Waals surface area contributed by atoms with E-state index in [-0.39, 0.29) is 40.4 Å². The molecule has 2 aliphatic rings. The molecule has 0 aromatic heterocycles. The standard InChI is InChI=1S/C31H28ClFN2O2/c1-18-8-10-19(11-9-18)29(37)28-26(22-6-4-5-7-23(22)33)27-24(16-31(2,3)17-25(27)36)35(30(28)34)21-14-12-20(32)13-15-21/h4-15,26,34,37H,16-17H2,1-3H3/b29-28+,34-30?. The number of aliphatic hydroxyl groups is 1. The smallest absolute Gasteiger partial charge is 0.162 e. The summed E-state index contributed by atoms with van der Waals surface area (Å²) in [5.74, 6) is -1.67. The maximum absolute atomic E-state index is 15.4. The van der Waals surface area contributed by atoms with Gasteiger partial charge in [0, 0.05) is 51.0 Å². The van der Waals surface area contributed by atoms with Crippen molar-refractivity contribution < 1.29 is 14.3 Å². The van der Waals surface area contributed by atoms with Gasteiger partial charge in [-0.25, -0.2) is 4.39 Å². The van der Waals surface area contributed by atoms with Gasteiger partial charge >= 0.3 is 0 Å². The molecule has 1 heterocycles. The summed E-state index contributed by atoms with van der Waals surface area (Å²) in [6, 6.07) is 20.6. The van der Waals surface area contributed by atoms with Crippen LogP contribution < -0.4 is 4.90 Å². The van der Waals surface area contributed by atoms with Crippen LogP contribution in [-0.2, 0) is 4.79 Å². The van der Waals surface area contributed by atoms with Gasteiger partial charge < -0.3 is 5.11 Å². The zero-order valence-corrected chi connectivity index (χ0v) is 21.7. The minimum Gasteiger partial charge on any atom is -0.507 e. The number of nitrogens with zero attached hydrogens (tertiary/aromatic N) is 1. The van der Waals surface area contributed by atoms with Gasteiger partial charge in [-0.1, -0.05) is 73.5 Å². The largest absolute Gasteiger partial charge is 0.507 e. The summed E-state index contributed by atoms with van der Waals surface area (Å²) in [6.45, 7) is 5.98. The molecule has 1 unspecified atom stereocenters. The molecule has 2 N–H and O–H groups in total. The summed E-state index contributed by atoms with van der Waals surface area (Å²) < 4.78 is 15.4. The maximum atomic E-state index is 15.4. The van der Waals surface area contributed by atoms with Gasteiger partial charge in [0.1, 0.15) is 17.4 Å². The molecule has 0 radical (unpaired) electrons. The quantitative estimate of drug-likeness (QED) is 0.348. The Balaban J connectivity index is 1.86. The molecular weight excluding hydrogens is 487 g/mol. The van der Waals surface area contributed by atoms with Crippen LogP contribution in [0, 0.1) is 23.6 Å². The van der Waals surface area contributed by atoms with E-state index < -0.39 is 11.7 Å². The highest BCUT2D eigenvalue weighted by Crippen LogP contribution is 2.51. The van der Waals surface area contributed by atoms with Crippen molar-refractivity contribution in [3.8, 4) is 0 Å². The Bertz CT molecular complexity index is 1470. The van der Waals surface area contributed by atoms with Crippen LogP contribution in [-0.4, -0.2) is 16.7 Å². The Labute approximate surface area is 221 Å². The first-order chi connectivity index (χ1) is 17.6. The van der Waals surface area contributed by atoms with Gasteiger partial charge in [0.2, 0.25) is 0 Å². The van der Waals surface area contributed by atoms with Crippen LogP contribution in [0.1, 0.15) is 49.3 Å². The normalized spacial score (nSPS) is 20.7. The van der Waals surface area contributed by atoms with Crippen LogP contribution in [0.4, 0.5) is 10.1 Å². The molecule has 1 aliphatic heterocycles. The number of hydrogen-bond acceptors (Lipinski definition) is 3. The zero-order valence-electron chi connectivity index (χ0n) is 21.0. The summed E-state index contributed by atoms with van der Waals surface area (Å²) in [5.41, 5.74) is 3.34. The minimum absolute atomic E-state index is 0.00194. The number of amidine groups is 1. The van der Waals surface area contributed by atoms with E-state index in [0.717, 1.165) is 5.56 Å². The van der Waals surface area contributed by atoms with Crippen molar-refractivity contribution in [2.24, 2.45) is 5.41 Å². The fraction of sp³-hybridized carbons (Fsp3) is 0.226. The average Bonchev–Trinajstić information content (AvgIpc) is 2.84.